The largest absolute Gasteiger partial charge is 0.356 e. The van der Waals surface area contributed by atoms with Gasteiger partial charge < -0.3 is 11.1 Å². The fourth-order valence-corrected chi connectivity index (χ4v) is 3.99. The lowest BCUT2D eigenvalue weighted by atomic mass is 10.0. The van der Waals surface area contributed by atoms with Gasteiger partial charge in [0.15, 0.2) is 0 Å². The molecule has 0 spiro atoms. The number of anilines is 1. The molecular weight excluding hydrogens is 368 g/mol. The van der Waals surface area contributed by atoms with E-state index in [2.05, 4.69) is 50.6 Å². The van der Waals surface area contributed by atoms with Gasteiger partial charge in [-0.3, -0.25) is 9.97 Å². The zero-order valence-electron chi connectivity index (χ0n) is 15.7. The van der Waals surface area contributed by atoms with Gasteiger partial charge in [0.1, 0.15) is 5.01 Å². The van der Waals surface area contributed by atoms with Crippen LogP contribution in [0.25, 0.3) is 21.3 Å². The third-order valence-electron chi connectivity index (χ3n) is 4.69. The number of rotatable bonds is 7. The standard InChI is InChI=1S/C21H22N6S/c1-2-14-12-23-13-16-7-6-15(9-19(14)16)20-26-27-21(28-20)25-18(11-22)10-17-5-3-4-8-24-17/h3-9,12-13,18H,2,10-11,22H2,1H3,(H,25,27)/t18-/m1/s1. The van der Waals surface area contributed by atoms with E-state index >= 15 is 0 Å². The van der Waals surface area contributed by atoms with Crippen LogP contribution in [0, 0.1) is 0 Å². The average molecular weight is 391 g/mol. The first kappa shape index (κ1) is 18.5. The maximum absolute atomic E-state index is 5.94. The minimum absolute atomic E-state index is 0.0603. The molecule has 4 rings (SSSR count). The summed E-state index contributed by atoms with van der Waals surface area (Å²) in [5.74, 6) is 0. The normalized spacial score (nSPS) is 12.2. The van der Waals surface area contributed by atoms with Gasteiger partial charge in [-0.15, -0.1) is 10.2 Å². The Morgan fingerprint density at radius 1 is 1.14 bits per heavy atom. The summed E-state index contributed by atoms with van der Waals surface area (Å²) in [4.78, 5) is 8.69. The minimum atomic E-state index is 0.0603. The van der Waals surface area contributed by atoms with Crippen molar-refractivity contribution in [3.63, 3.8) is 0 Å². The van der Waals surface area contributed by atoms with E-state index in [9.17, 15) is 0 Å². The van der Waals surface area contributed by atoms with Crippen LogP contribution in [0.2, 0.25) is 0 Å². The van der Waals surface area contributed by atoms with Crippen LogP contribution in [0.4, 0.5) is 5.13 Å². The van der Waals surface area contributed by atoms with Gasteiger partial charge in [-0.2, -0.15) is 0 Å². The predicted octanol–water partition coefficient (Wildman–Crippen LogP) is 3.69. The molecule has 0 amide bonds. The lowest BCUT2D eigenvalue weighted by Crippen LogP contribution is -2.31. The van der Waals surface area contributed by atoms with Gasteiger partial charge in [-0.05, 0) is 35.6 Å². The summed E-state index contributed by atoms with van der Waals surface area (Å²) >= 11 is 1.54. The van der Waals surface area contributed by atoms with E-state index in [1.807, 2.05) is 30.6 Å². The second-order valence-corrected chi connectivity index (χ2v) is 7.58. The first-order valence-electron chi connectivity index (χ1n) is 9.34. The predicted molar refractivity (Wildman–Crippen MR) is 114 cm³/mol. The summed E-state index contributed by atoms with van der Waals surface area (Å²) in [7, 11) is 0. The van der Waals surface area contributed by atoms with Gasteiger partial charge in [-0.1, -0.05) is 36.5 Å². The van der Waals surface area contributed by atoms with E-state index in [0.717, 1.165) is 39.6 Å². The summed E-state index contributed by atoms with van der Waals surface area (Å²) in [6, 6.07) is 12.3. The smallest absolute Gasteiger partial charge is 0.206 e. The SMILES string of the molecule is CCc1cncc2ccc(-c3nnc(N[C@@H](CN)Cc4ccccn4)s3)cc12. The number of pyridine rings is 2. The van der Waals surface area contributed by atoms with Crippen LogP contribution in [0.1, 0.15) is 18.2 Å². The minimum Gasteiger partial charge on any atom is -0.356 e. The zero-order valence-corrected chi connectivity index (χ0v) is 16.5. The molecule has 1 atom stereocenters. The number of benzene rings is 1. The number of nitrogens with zero attached hydrogens (tertiary/aromatic N) is 4. The molecule has 0 unspecified atom stereocenters. The quantitative estimate of drug-likeness (QED) is 0.500. The van der Waals surface area contributed by atoms with Crippen molar-refractivity contribution in [1.29, 1.82) is 0 Å². The van der Waals surface area contributed by atoms with Crippen LogP contribution in [-0.4, -0.2) is 32.8 Å². The highest BCUT2D eigenvalue weighted by atomic mass is 32.1. The van der Waals surface area contributed by atoms with Gasteiger partial charge in [0.2, 0.25) is 5.13 Å². The molecule has 4 aromatic rings. The highest BCUT2D eigenvalue weighted by Crippen LogP contribution is 2.30. The second kappa shape index (κ2) is 8.41. The lowest BCUT2D eigenvalue weighted by Gasteiger charge is -2.14. The molecule has 3 N–H and O–H groups in total. The highest BCUT2D eigenvalue weighted by molar-refractivity contribution is 7.18. The maximum Gasteiger partial charge on any atom is 0.206 e. The Labute approximate surface area is 167 Å². The number of hydrogen-bond donors (Lipinski definition) is 2. The Morgan fingerprint density at radius 2 is 2.07 bits per heavy atom. The van der Waals surface area contributed by atoms with Crippen molar-refractivity contribution in [3.8, 4) is 10.6 Å². The molecule has 0 aliphatic carbocycles. The third kappa shape index (κ3) is 4.00. The molecule has 0 radical (unpaired) electrons. The summed E-state index contributed by atoms with van der Waals surface area (Å²) in [5, 5.41) is 16.1. The van der Waals surface area contributed by atoms with E-state index in [0.29, 0.717) is 6.54 Å². The van der Waals surface area contributed by atoms with E-state index in [1.54, 1.807) is 6.20 Å². The molecule has 3 heterocycles. The molecular formula is C21H22N6S. The number of aryl methyl sites for hydroxylation is 1. The Hall–Kier alpha value is -2.90. The van der Waals surface area contributed by atoms with E-state index in [1.165, 1.54) is 22.3 Å². The fourth-order valence-electron chi connectivity index (χ4n) is 3.18. The summed E-state index contributed by atoms with van der Waals surface area (Å²) in [5.41, 5.74) is 9.25. The van der Waals surface area contributed by atoms with Crippen molar-refractivity contribution in [2.24, 2.45) is 5.73 Å². The molecule has 7 heteroatoms. The summed E-state index contributed by atoms with van der Waals surface area (Å²) in [6.07, 6.45) is 7.32. The topological polar surface area (TPSA) is 89.6 Å². The number of fused-ring (bicyclic) bond motifs is 1. The number of hydrogen-bond acceptors (Lipinski definition) is 7. The number of aromatic nitrogens is 4. The second-order valence-electron chi connectivity index (χ2n) is 6.60. The first-order valence-corrected chi connectivity index (χ1v) is 10.2. The van der Waals surface area contributed by atoms with Gasteiger partial charge >= 0.3 is 0 Å². The molecule has 6 nitrogen and oxygen atoms in total. The number of nitrogens with two attached hydrogens (primary N) is 1. The van der Waals surface area contributed by atoms with Gasteiger partial charge in [0.25, 0.3) is 0 Å². The van der Waals surface area contributed by atoms with Crippen LogP contribution in [0.15, 0.2) is 55.0 Å². The molecule has 142 valence electrons. The van der Waals surface area contributed by atoms with Crippen molar-refractivity contribution in [1.82, 2.24) is 20.2 Å². The fraction of sp³-hybridized carbons (Fsp3) is 0.238. The lowest BCUT2D eigenvalue weighted by molar-refractivity contribution is 0.708. The van der Waals surface area contributed by atoms with Crippen molar-refractivity contribution in [2.75, 3.05) is 11.9 Å². The van der Waals surface area contributed by atoms with Crippen LogP contribution in [-0.2, 0) is 12.8 Å². The first-order chi connectivity index (χ1) is 13.8. The van der Waals surface area contributed by atoms with Crippen LogP contribution >= 0.6 is 11.3 Å². The monoisotopic (exact) mass is 390 g/mol. The molecule has 0 aliphatic rings. The average Bonchev–Trinajstić information content (AvgIpc) is 3.21. The molecule has 1 aromatic carbocycles. The van der Waals surface area contributed by atoms with Crippen molar-refractivity contribution >= 4 is 27.2 Å². The van der Waals surface area contributed by atoms with Crippen LogP contribution < -0.4 is 11.1 Å². The molecule has 0 saturated carbocycles. The molecule has 3 aromatic heterocycles. The van der Waals surface area contributed by atoms with Crippen LogP contribution in [0.5, 0.6) is 0 Å². The Bertz CT molecular complexity index is 1060. The summed E-state index contributed by atoms with van der Waals surface area (Å²) in [6.45, 7) is 2.64. The summed E-state index contributed by atoms with van der Waals surface area (Å²) < 4.78 is 0. The molecule has 28 heavy (non-hydrogen) atoms. The van der Waals surface area contributed by atoms with Gasteiger partial charge in [0.05, 0.1) is 0 Å². The highest BCUT2D eigenvalue weighted by Gasteiger charge is 2.13. The third-order valence-corrected chi connectivity index (χ3v) is 5.59. The van der Waals surface area contributed by atoms with Crippen molar-refractivity contribution in [3.05, 3.63) is 66.2 Å². The maximum atomic E-state index is 5.94. The van der Waals surface area contributed by atoms with Gasteiger partial charge in [-0.25, -0.2) is 0 Å². The molecule has 0 fully saturated rings. The van der Waals surface area contributed by atoms with E-state index < -0.39 is 0 Å². The Balaban J connectivity index is 1.54. The van der Waals surface area contributed by atoms with E-state index in [-0.39, 0.29) is 6.04 Å². The Kier molecular flexibility index (Phi) is 5.55. The number of nitrogens with one attached hydrogen (secondary N) is 1. The van der Waals surface area contributed by atoms with Crippen molar-refractivity contribution < 1.29 is 0 Å². The Morgan fingerprint density at radius 3 is 2.86 bits per heavy atom. The molecule has 0 saturated heterocycles. The van der Waals surface area contributed by atoms with Gasteiger partial charge in [0, 0.05) is 54.2 Å². The zero-order chi connectivity index (χ0) is 19.3. The van der Waals surface area contributed by atoms with Crippen molar-refractivity contribution in [2.45, 2.75) is 25.8 Å². The molecule has 0 bridgehead atoms. The molecule has 0 aliphatic heterocycles. The van der Waals surface area contributed by atoms with Crippen LogP contribution in [0.3, 0.4) is 0 Å². The van der Waals surface area contributed by atoms with E-state index in [4.69, 9.17) is 5.73 Å².